The summed E-state index contributed by atoms with van der Waals surface area (Å²) < 4.78 is 5.68. The minimum absolute atomic E-state index is 0.0607. The molecule has 1 unspecified atom stereocenters. The fourth-order valence-electron chi connectivity index (χ4n) is 2.37. The Kier molecular flexibility index (Phi) is 4.97. The lowest BCUT2D eigenvalue weighted by molar-refractivity contribution is -0.121. The van der Waals surface area contributed by atoms with Gasteiger partial charge in [0.15, 0.2) is 5.78 Å². The van der Waals surface area contributed by atoms with Crippen LogP contribution < -0.4 is 10.1 Å². The normalized spacial score (nSPS) is 18.8. The predicted octanol–water partition coefficient (Wildman–Crippen LogP) is 2.90. The Morgan fingerprint density at radius 3 is 3.00 bits per heavy atom. The number of hydrogen-bond acceptors (Lipinski definition) is 3. The van der Waals surface area contributed by atoms with Crippen LogP contribution in [0.5, 0.6) is 5.75 Å². The van der Waals surface area contributed by atoms with Crippen molar-refractivity contribution in [2.24, 2.45) is 0 Å². The van der Waals surface area contributed by atoms with Crippen LogP contribution in [0, 0.1) is 0 Å². The van der Waals surface area contributed by atoms with Gasteiger partial charge in [0.05, 0.1) is 12.6 Å². The van der Waals surface area contributed by atoms with Crippen LogP contribution in [-0.4, -0.2) is 25.0 Å². The summed E-state index contributed by atoms with van der Waals surface area (Å²) in [5.74, 6) is 1.63. The molecule has 1 N–H and O–H groups in total. The van der Waals surface area contributed by atoms with Crippen molar-refractivity contribution in [2.45, 2.75) is 45.1 Å². The molecule has 3 heteroatoms. The zero-order chi connectivity index (χ0) is 13.7. The smallest absolute Gasteiger partial charge is 0.153 e. The molecule has 2 rings (SSSR count). The average Bonchev–Trinajstić information content (AvgIpc) is 2.93. The summed E-state index contributed by atoms with van der Waals surface area (Å²) in [6, 6.07) is 8.18. The molecule has 0 aliphatic carbocycles. The van der Waals surface area contributed by atoms with E-state index in [2.05, 4.69) is 31.3 Å². The summed E-state index contributed by atoms with van der Waals surface area (Å²) in [6.45, 7) is 5.76. The highest BCUT2D eigenvalue weighted by molar-refractivity contribution is 5.84. The number of Topliss-reactive ketones (excluding diaryl/α,β-unsaturated/α-hetero) is 1. The van der Waals surface area contributed by atoms with Crippen LogP contribution in [0.1, 0.15) is 44.6 Å². The summed E-state index contributed by atoms with van der Waals surface area (Å²) in [5, 5.41) is 3.22. The van der Waals surface area contributed by atoms with Gasteiger partial charge in [0.2, 0.25) is 0 Å². The number of carbonyl (C=O) groups excluding carboxylic acids is 1. The first kappa shape index (κ1) is 14.1. The molecule has 1 heterocycles. The van der Waals surface area contributed by atoms with E-state index in [1.165, 1.54) is 5.56 Å². The Balaban J connectivity index is 1.78. The number of ether oxygens (including phenoxy) is 1. The molecule has 1 atom stereocenters. The van der Waals surface area contributed by atoms with Crippen molar-refractivity contribution >= 4 is 5.78 Å². The molecule has 0 aromatic heterocycles. The van der Waals surface area contributed by atoms with Crippen molar-refractivity contribution < 1.29 is 9.53 Å². The van der Waals surface area contributed by atoms with Gasteiger partial charge in [-0.2, -0.15) is 0 Å². The lowest BCUT2D eigenvalue weighted by Crippen LogP contribution is -2.31. The lowest BCUT2D eigenvalue weighted by Gasteiger charge is -2.11. The molecule has 0 amide bonds. The quantitative estimate of drug-likeness (QED) is 0.855. The van der Waals surface area contributed by atoms with Gasteiger partial charge in [-0.1, -0.05) is 26.0 Å². The summed E-state index contributed by atoms with van der Waals surface area (Å²) in [5.41, 5.74) is 1.27. The molecule has 1 fully saturated rings. The van der Waals surface area contributed by atoms with Crippen molar-refractivity contribution in [1.82, 2.24) is 5.32 Å². The molecule has 1 aliphatic rings. The van der Waals surface area contributed by atoms with E-state index in [9.17, 15) is 4.79 Å². The Morgan fingerprint density at radius 1 is 1.47 bits per heavy atom. The first-order chi connectivity index (χ1) is 9.16. The maximum absolute atomic E-state index is 11.9. The van der Waals surface area contributed by atoms with E-state index in [0.29, 0.717) is 18.9 Å². The van der Waals surface area contributed by atoms with Crippen LogP contribution >= 0.6 is 0 Å². The molecule has 19 heavy (non-hydrogen) atoms. The fourth-order valence-corrected chi connectivity index (χ4v) is 2.37. The molecule has 1 aromatic carbocycles. The monoisotopic (exact) mass is 261 g/mol. The highest BCUT2D eigenvalue weighted by Crippen LogP contribution is 2.20. The van der Waals surface area contributed by atoms with E-state index in [1.54, 1.807) is 0 Å². The molecular formula is C16H23NO2. The Labute approximate surface area is 115 Å². The van der Waals surface area contributed by atoms with Gasteiger partial charge >= 0.3 is 0 Å². The van der Waals surface area contributed by atoms with Gasteiger partial charge in [0, 0.05) is 6.42 Å². The van der Waals surface area contributed by atoms with Gasteiger partial charge in [-0.3, -0.25) is 4.79 Å². The summed E-state index contributed by atoms with van der Waals surface area (Å²) in [7, 11) is 0. The average molecular weight is 261 g/mol. The predicted molar refractivity (Wildman–Crippen MR) is 76.7 cm³/mol. The summed E-state index contributed by atoms with van der Waals surface area (Å²) in [4.78, 5) is 11.9. The number of benzene rings is 1. The molecule has 1 aromatic rings. The van der Waals surface area contributed by atoms with Crippen LogP contribution in [-0.2, 0) is 4.79 Å². The molecule has 0 saturated carbocycles. The van der Waals surface area contributed by atoms with Crippen molar-refractivity contribution in [3.05, 3.63) is 29.8 Å². The molecule has 3 nitrogen and oxygen atoms in total. The largest absolute Gasteiger partial charge is 0.493 e. The second-order valence-corrected chi connectivity index (χ2v) is 5.44. The Morgan fingerprint density at radius 2 is 2.32 bits per heavy atom. The number of hydrogen-bond donors (Lipinski definition) is 1. The van der Waals surface area contributed by atoms with E-state index >= 15 is 0 Å². The molecule has 0 radical (unpaired) electrons. The molecule has 104 valence electrons. The maximum atomic E-state index is 11.9. The second kappa shape index (κ2) is 6.71. The van der Waals surface area contributed by atoms with Crippen LogP contribution in [0.2, 0.25) is 0 Å². The van der Waals surface area contributed by atoms with E-state index < -0.39 is 0 Å². The second-order valence-electron chi connectivity index (χ2n) is 5.44. The Bertz CT molecular complexity index is 423. The van der Waals surface area contributed by atoms with Crippen molar-refractivity contribution in [2.75, 3.05) is 13.2 Å². The summed E-state index contributed by atoms with van der Waals surface area (Å²) >= 11 is 0. The van der Waals surface area contributed by atoms with Crippen LogP contribution in [0.15, 0.2) is 24.3 Å². The first-order valence-corrected chi connectivity index (χ1v) is 7.15. The van der Waals surface area contributed by atoms with E-state index in [0.717, 1.165) is 25.1 Å². The van der Waals surface area contributed by atoms with Gasteiger partial charge in [0.1, 0.15) is 5.75 Å². The standard InChI is InChI=1S/C16H23NO2/c1-12(2)13-5-3-6-14(11-13)19-10-8-16(18)15-7-4-9-17-15/h3,5-6,11-12,15,17H,4,7-10H2,1-2H3. The number of nitrogens with one attached hydrogen (secondary N) is 1. The van der Waals surface area contributed by atoms with Gasteiger partial charge in [-0.25, -0.2) is 0 Å². The minimum atomic E-state index is 0.0607. The molecule has 0 bridgehead atoms. The summed E-state index contributed by atoms with van der Waals surface area (Å²) in [6.07, 6.45) is 2.57. The molecular weight excluding hydrogens is 238 g/mol. The van der Waals surface area contributed by atoms with Crippen LogP contribution in [0.4, 0.5) is 0 Å². The van der Waals surface area contributed by atoms with Crippen LogP contribution in [0.25, 0.3) is 0 Å². The number of rotatable bonds is 6. The van der Waals surface area contributed by atoms with Gasteiger partial charge in [0.25, 0.3) is 0 Å². The number of carbonyl (C=O) groups is 1. The number of ketones is 1. The van der Waals surface area contributed by atoms with Crippen molar-refractivity contribution in [1.29, 1.82) is 0 Å². The SMILES string of the molecule is CC(C)c1cccc(OCCC(=O)C2CCCN2)c1. The highest BCUT2D eigenvalue weighted by Gasteiger charge is 2.21. The van der Waals surface area contributed by atoms with Gasteiger partial charge < -0.3 is 10.1 Å². The third kappa shape index (κ3) is 4.06. The van der Waals surface area contributed by atoms with E-state index in [-0.39, 0.29) is 11.8 Å². The van der Waals surface area contributed by atoms with Crippen molar-refractivity contribution in [3.8, 4) is 5.75 Å². The molecule has 0 spiro atoms. The van der Waals surface area contributed by atoms with Gasteiger partial charge in [-0.05, 0) is 43.0 Å². The first-order valence-electron chi connectivity index (χ1n) is 7.15. The lowest BCUT2D eigenvalue weighted by atomic mass is 10.0. The third-order valence-electron chi connectivity index (χ3n) is 3.59. The van der Waals surface area contributed by atoms with Crippen LogP contribution in [0.3, 0.4) is 0 Å². The maximum Gasteiger partial charge on any atom is 0.153 e. The van der Waals surface area contributed by atoms with E-state index in [4.69, 9.17) is 4.74 Å². The third-order valence-corrected chi connectivity index (χ3v) is 3.59. The van der Waals surface area contributed by atoms with Gasteiger partial charge in [-0.15, -0.1) is 0 Å². The van der Waals surface area contributed by atoms with E-state index in [1.807, 2.05) is 12.1 Å². The Hall–Kier alpha value is -1.35. The van der Waals surface area contributed by atoms with Crippen molar-refractivity contribution in [3.63, 3.8) is 0 Å². The molecule has 1 saturated heterocycles. The zero-order valence-electron chi connectivity index (χ0n) is 11.8. The zero-order valence-corrected chi connectivity index (χ0v) is 11.8. The minimum Gasteiger partial charge on any atom is -0.493 e. The highest BCUT2D eigenvalue weighted by atomic mass is 16.5. The molecule has 1 aliphatic heterocycles. The topological polar surface area (TPSA) is 38.3 Å². The fraction of sp³-hybridized carbons (Fsp3) is 0.562.